The lowest BCUT2D eigenvalue weighted by Crippen LogP contribution is -2.37. The van der Waals surface area contributed by atoms with Crippen LogP contribution in [0.4, 0.5) is 11.5 Å². The standard InChI is InChI=1S/C12H21N5O2/c1-8(2)16-12(11(17(18)19)9(3)14-16)15-6-4-5-10(15)7-13/h8,10H,4-7,13H2,1-3H3. The van der Waals surface area contributed by atoms with Crippen LogP contribution in [-0.2, 0) is 0 Å². The van der Waals surface area contributed by atoms with E-state index >= 15 is 0 Å². The van der Waals surface area contributed by atoms with Crippen LogP contribution in [0.15, 0.2) is 0 Å². The van der Waals surface area contributed by atoms with Crippen LogP contribution in [0.2, 0.25) is 0 Å². The molecule has 1 fully saturated rings. The lowest BCUT2D eigenvalue weighted by Gasteiger charge is -2.26. The van der Waals surface area contributed by atoms with Crippen molar-refractivity contribution in [1.29, 1.82) is 0 Å². The molecule has 7 nitrogen and oxygen atoms in total. The SMILES string of the molecule is Cc1nn(C(C)C)c(N2CCCC2CN)c1[N+](=O)[O-]. The molecule has 1 aliphatic rings. The van der Waals surface area contributed by atoms with Crippen molar-refractivity contribution in [2.45, 2.75) is 45.7 Å². The second-order valence-corrected chi connectivity index (χ2v) is 5.28. The first-order chi connectivity index (χ1) is 8.97. The number of rotatable bonds is 4. The zero-order valence-corrected chi connectivity index (χ0v) is 11.7. The average molecular weight is 267 g/mol. The molecule has 2 heterocycles. The van der Waals surface area contributed by atoms with E-state index in [4.69, 9.17) is 5.73 Å². The molecular weight excluding hydrogens is 246 g/mol. The van der Waals surface area contributed by atoms with Gasteiger partial charge in [0.15, 0.2) is 0 Å². The number of nitrogens with zero attached hydrogens (tertiary/aromatic N) is 4. The van der Waals surface area contributed by atoms with Gasteiger partial charge in [-0.2, -0.15) is 5.10 Å². The van der Waals surface area contributed by atoms with Crippen LogP contribution in [0.1, 0.15) is 38.4 Å². The molecule has 0 radical (unpaired) electrons. The number of aromatic nitrogens is 2. The summed E-state index contributed by atoms with van der Waals surface area (Å²) in [5, 5.41) is 15.7. The van der Waals surface area contributed by atoms with Gasteiger partial charge in [0.2, 0.25) is 5.82 Å². The minimum Gasteiger partial charge on any atom is -0.347 e. The predicted molar refractivity (Wildman–Crippen MR) is 73.4 cm³/mol. The monoisotopic (exact) mass is 267 g/mol. The van der Waals surface area contributed by atoms with Gasteiger partial charge in [0.05, 0.1) is 4.92 Å². The fraction of sp³-hybridized carbons (Fsp3) is 0.750. The molecular formula is C12H21N5O2. The highest BCUT2D eigenvalue weighted by Gasteiger charge is 2.35. The number of nitrogens with two attached hydrogens (primary N) is 1. The molecule has 0 saturated carbocycles. The Labute approximate surface area is 112 Å². The molecule has 0 amide bonds. The lowest BCUT2D eigenvalue weighted by molar-refractivity contribution is -0.384. The minimum atomic E-state index is -0.331. The molecule has 2 N–H and O–H groups in total. The third-order valence-corrected chi connectivity index (χ3v) is 3.62. The molecule has 1 aliphatic heterocycles. The molecule has 106 valence electrons. The summed E-state index contributed by atoms with van der Waals surface area (Å²) in [6.07, 6.45) is 2.00. The quantitative estimate of drug-likeness (QED) is 0.661. The van der Waals surface area contributed by atoms with Gasteiger partial charge in [-0.15, -0.1) is 0 Å². The Bertz CT molecular complexity index is 483. The molecule has 19 heavy (non-hydrogen) atoms. The molecule has 0 aliphatic carbocycles. The van der Waals surface area contributed by atoms with Crippen LogP contribution >= 0.6 is 0 Å². The highest BCUT2D eigenvalue weighted by atomic mass is 16.6. The largest absolute Gasteiger partial charge is 0.347 e. The molecule has 0 aromatic carbocycles. The van der Waals surface area contributed by atoms with Crippen molar-refractivity contribution in [3.05, 3.63) is 15.8 Å². The summed E-state index contributed by atoms with van der Waals surface area (Å²) < 4.78 is 1.75. The number of hydrogen-bond donors (Lipinski definition) is 1. The summed E-state index contributed by atoms with van der Waals surface area (Å²) in [5.74, 6) is 0.616. The van der Waals surface area contributed by atoms with Gasteiger partial charge in [-0.1, -0.05) is 0 Å². The van der Waals surface area contributed by atoms with Crippen molar-refractivity contribution in [2.24, 2.45) is 5.73 Å². The van der Waals surface area contributed by atoms with Crippen LogP contribution < -0.4 is 10.6 Å². The Balaban J connectivity index is 2.55. The van der Waals surface area contributed by atoms with Gasteiger partial charge in [-0.25, -0.2) is 4.68 Å². The van der Waals surface area contributed by atoms with E-state index in [2.05, 4.69) is 10.00 Å². The van der Waals surface area contributed by atoms with E-state index in [1.54, 1.807) is 11.6 Å². The lowest BCUT2D eigenvalue weighted by atomic mass is 10.2. The van der Waals surface area contributed by atoms with Gasteiger partial charge in [-0.3, -0.25) is 10.1 Å². The summed E-state index contributed by atoms with van der Waals surface area (Å²) in [4.78, 5) is 13.0. The van der Waals surface area contributed by atoms with Crippen molar-refractivity contribution in [2.75, 3.05) is 18.0 Å². The first-order valence-corrected chi connectivity index (χ1v) is 6.67. The fourth-order valence-electron chi connectivity index (χ4n) is 2.73. The third-order valence-electron chi connectivity index (χ3n) is 3.62. The van der Waals surface area contributed by atoms with E-state index in [1.807, 2.05) is 13.8 Å². The molecule has 1 aromatic heterocycles. The van der Waals surface area contributed by atoms with Gasteiger partial charge in [0.25, 0.3) is 0 Å². The summed E-state index contributed by atoms with van der Waals surface area (Å²) in [5.41, 5.74) is 6.37. The molecule has 1 aromatic rings. The molecule has 1 saturated heterocycles. The molecule has 1 unspecified atom stereocenters. The molecule has 0 bridgehead atoms. The molecule has 1 atom stereocenters. The first kappa shape index (κ1) is 13.8. The van der Waals surface area contributed by atoms with Crippen LogP contribution in [0.25, 0.3) is 0 Å². The molecule has 7 heteroatoms. The second kappa shape index (κ2) is 5.16. The van der Waals surface area contributed by atoms with Gasteiger partial charge in [0.1, 0.15) is 5.69 Å². The van der Waals surface area contributed by atoms with E-state index in [0.29, 0.717) is 18.1 Å². The number of hydrogen-bond acceptors (Lipinski definition) is 5. The van der Waals surface area contributed by atoms with E-state index < -0.39 is 0 Å². The zero-order valence-electron chi connectivity index (χ0n) is 11.7. The van der Waals surface area contributed by atoms with Gasteiger partial charge in [-0.05, 0) is 33.6 Å². The van der Waals surface area contributed by atoms with Crippen molar-refractivity contribution < 1.29 is 4.92 Å². The smallest absolute Gasteiger partial charge is 0.333 e. The molecule has 2 rings (SSSR count). The Morgan fingerprint density at radius 1 is 1.58 bits per heavy atom. The van der Waals surface area contributed by atoms with Crippen LogP contribution in [0.3, 0.4) is 0 Å². The normalized spacial score (nSPS) is 19.4. The minimum absolute atomic E-state index is 0.0847. The first-order valence-electron chi connectivity index (χ1n) is 6.67. The van der Waals surface area contributed by atoms with E-state index in [0.717, 1.165) is 19.4 Å². The van der Waals surface area contributed by atoms with Gasteiger partial charge >= 0.3 is 5.69 Å². The number of anilines is 1. The maximum Gasteiger partial charge on any atom is 0.333 e. The number of nitro groups is 1. The highest BCUT2D eigenvalue weighted by Crippen LogP contribution is 2.37. The van der Waals surface area contributed by atoms with E-state index in [1.165, 1.54) is 0 Å². The van der Waals surface area contributed by atoms with Crippen molar-refractivity contribution in [3.8, 4) is 0 Å². The summed E-state index contributed by atoms with van der Waals surface area (Å²) in [7, 11) is 0. The maximum absolute atomic E-state index is 11.3. The van der Waals surface area contributed by atoms with Gasteiger partial charge in [0, 0.05) is 25.2 Å². The number of aryl methyl sites for hydroxylation is 1. The fourth-order valence-corrected chi connectivity index (χ4v) is 2.73. The average Bonchev–Trinajstić information content (AvgIpc) is 2.91. The van der Waals surface area contributed by atoms with Crippen molar-refractivity contribution >= 4 is 11.5 Å². The molecule has 0 spiro atoms. The van der Waals surface area contributed by atoms with E-state index in [9.17, 15) is 10.1 Å². The zero-order chi connectivity index (χ0) is 14.2. The second-order valence-electron chi connectivity index (χ2n) is 5.28. The third kappa shape index (κ3) is 2.30. The Morgan fingerprint density at radius 2 is 2.26 bits per heavy atom. The Morgan fingerprint density at radius 3 is 2.79 bits per heavy atom. The summed E-state index contributed by atoms with van der Waals surface area (Å²) in [6.45, 7) is 6.97. The van der Waals surface area contributed by atoms with Crippen LogP contribution in [0.5, 0.6) is 0 Å². The van der Waals surface area contributed by atoms with Crippen molar-refractivity contribution in [1.82, 2.24) is 9.78 Å². The summed E-state index contributed by atoms with van der Waals surface area (Å²) >= 11 is 0. The van der Waals surface area contributed by atoms with E-state index in [-0.39, 0.29) is 22.7 Å². The maximum atomic E-state index is 11.3. The summed E-state index contributed by atoms with van der Waals surface area (Å²) in [6, 6.07) is 0.258. The van der Waals surface area contributed by atoms with Gasteiger partial charge < -0.3 is 10.6 Å². The van der Waals surface area contributed by atoms with Crippen LogP contribution in [-0.4, -0.2) is 33.8 Å². The topological polar surface area (TPSA) is 90.2 Å². The Hall–Kier alpha value is -1.63. The predicted octanol–water partition coefficient (Wildman–Crippen LogP) is 1.61. The Kier molecular flexibility index (Phi) is 3.75. The highest BCUT2D eigenvalue weighted by molar-refractivity contribution is 5.62. The van der Waals surface area contributed by atoms with Crippen LogP contribution in [0, 0.1) is 17.0 Å². The van der Waals surface area contributed by atoms with Crippen molar-refractivity contribution in [3.63, 3.8) is 0 Å².